The number of rotatable bonds is 10. The number of thioether (sulfide) groups is 1. The lowest BCUT2D eigenvalue weighted by Crippen LogP contribution is -2.29. The number of aryl methyl sites for hydroxylation is 1. The highest BCUT2D eigenvalue weighted by atomic mass is 32.2. The summed E-state index contributed by atoms with van der Waals surface area (Å²) in [5, 5.41) is 20.3. The van der Waals surface area contributed by atoms with E-state index in [1.54, 1.807) is 36.4 Å². The number of nitrogens with zero attached hydrogens (tertiary/aromatic N) is 4. The molecular formula is C36H31FN4O4S2. The molecule has 0 bridgehead atoms. The normalized spacial score (nSPS) is 15.7. The number of halogens is 1. The Balaban J connectivity index is 1.31. The topological polar surface area (TPSA) is 95.9 Å². The molecule has 5 aromatic rings. The number of aliphatic hydroxyl groups excluding tert-OH is 1. The van der Waals surface area contributed by atoms with E-state index in [-0.39, 0.29) is 22.3 Å². The summed E-state index contributed by atoms with van der Waals surface area (Å²) < 4.78 is 19.8. The molecule has 0 radical (unpaired) electrons. The summed E-state index contributed by atoms with van der Waals surface area (Å²) in [6, 6.07) is 27.5. The minimum absolute atomic E-state index is 0.0447. The molecule has 1 unspecified atom stereocenters. The van der Waals surface area contributed by atoms with E-state index in [1.807, 2.05) is 68.4 Å². The van der Waals surface area contributed by atoms with Gasteiger partial charge in [-0.15, -0.1) is 10.2 Å². The average Bonchev–Trinajstić information content (AvgIpc) is 3.65. The minimum atomic E-state index is -0.939. The first-order valence-electron chi connectivity index (χ1n) is 14.8. The zero-order valence-corrected chi connectivity index (χ0v) is 27.5. The summed E-state index contributed by atoms with van der Waals surface area (Å²) in [4.78, 5) is 30.5. The van der Waals surface area contributed by atoms with Gasteiger partial charge in [0.2, 0.25) is 5.13 Å². The number of carbonyl (C=O) groups excluding carboxylic acids is 2. The summed E-state index contributed by atoms with van der Waals surface area (Å²) in [5.74, 6) is -1.12. The van der Waals surface area contributed by atoms with Gasteiger partial charge < -0.3 is 14.7 Å². The van der Waals surface area contributed by atoms with Crippen LogP contribution in [0.1, 0.15) is 33.9 Å². The molecule has 2 heterocycles. The predicted octanol–water partition coefficient (Wildman–Crippen LogP) is 7.55. The number of Topliss-reactive ketones (excluding diaryl/α,β-unsaturated/α-hetero) is 1. The first-order valence-corrected chi connectivity index (χ1v) is 16.6. The van der Waals surface area contributed by atoms with Crippen LogP contribution in [0.2, 0.25) is 0 Å². The van der Waals surface area contributed by atoms with E-state index in [4.69, 9.17) is 4.74 Å². The molecule has 1 fully saturated rings. The number of aromatic nitrogens is 2. The molecule has 238 valence electrons. The van der Waals surface area contributed by atoms with Gasteiger partial charge in [0.25, 0.3) is 5.78 Å². The first kappa shape index (κ1) is 32.0. The SMILES string of the molecule is Cc1cccc(COc2ccc(C(O)=C3C(=O)C(=O)N(c4nnc(SCc5ccc(F)cc5)s4)C3c3ccc(N(C)C)cc3)cc2)c1. The second-order valence-electron chi connectivity index (χ2n) is 11.2. The van der Waals surface area contributed by atoms with E-state index in [9.17, 15) is 19.1 Å². The van der Waals surface area contributed by atoms with Crippen LogP contribution in [0.15, 0.2) is 107 Å². The van der Waals surface area contributed by atoms with Gasteiger partial charge in [-0.25, -0.2) is 4.39 Å². The second kappa shape index (κ2) is 13.8. The molecule has 1 amide bonds. The third kappa shape index (κ3) is 7.06. The molecule has 4 aromatic carbocycles. The van der Waals surface area contributed by atoms with E-state index >= 15 is 0 Å². The van der Waals surface area contributed by atoms with Crippen LogP contribution in [0.4, 0.5) is 15.2 Å². The van der Waals surface area contributed by atoms with Crippen molar-refractivity contribution < 1.29 is 23.8 Å². The fourth-order valence-electron chi connectivity index (χ4n) is 5.22. The molecule has 0 saturated carbocycles. The van der Waals surface area contributed by atoms with E-state index in [0.29, 0.717) is 33.6 Å². The Morgan fingerprint density at radius 2 is 1.68 bits per heavy atom. The van der Waals surface area contributed by atoms with Crippen LogP contribution in [-0.4, -0.2) is 41.1 Å². The molecule has 1 aromatic heterocycles. The predicted molar refractivity (Wildman–Crippen MR) is 183 cm³/mol. The molecule has 6 rings (SSSR count). The highest BCUT2D eigenvalue weighted by Gasteiger charge is 2.48. The standard InChI is InChI=1S/C36H31FN4O4S2/c1-22-5-4-6-24(19-22)20-45-29-17-11-26(12-18-29)32(42)30-31(25-9-15-28(16-10-25)40(2)3)41(34(44)33(30)43)35-38-39-36(47-35)46-21-23-7-13-27(37)14-8-23/h4-19,31,42H,20-21H2,1-3H3. The van der Waals surface area contributed by atoms with Crippen molar-refractivity contribution in [3.63, 3.8) is 0 Å². The van der Waals surface area contributed by atoms with Crippen LogP contribution in [0, 0.1) is 12.7 Å². The van der Waals surface area contributed by atoms with Crippen molar-refractivity contribution in [1.29, 1.82) is 0 Å². The van der Waals surface area contributed by atoms with Crippen molar-refractivity contribution >= 4 is 51.4 Å². The van der Waals surface area contributed by atoms with Gasteiger partial charge in [0, 0.05) is 31.1 Å². The van der Waals surface area contributed by atoms with Crippen LogP contribution in [0.3, 0.4) is 0 Å². The van der Waals surface area contributed by atoms with Crippen LogP contribution >= 0.6 is 23.1 Å². The van der Waals surface area contributed by atoms with Crippen molar-refractivity contribution in [2.45, 2.75) is 29.7 Å². The Morgan fingerprint density at radius 3 is 2.36 bits per heavy atom. The van der Waals surface area contributed by atoms with E-state index in [0.717, 1.165) is 22.4 Å². The lowest BCUT2D eigenvalue weighted by molar-refractivity contribution is -0.132. The summed E-state index contributed by atoms with van der Waals surface area (Å²) in [6.45, 7) is 2.40. The lowest BCUT2D eigenvalue weighted by Gasteiger charge is -2.23. The summed E-state index contributed by atoms with van der Waals surface area (Å²) in [7, 11) is 3.84. The number of ketones is 1. The van der Waals surface area contributed by atoms with Crippen molar-refractivity contribution in [2.75, 3.05) is 23.9 Å². The molecular weight excluding hydrogens is 636 g/mol. The number of amides is 1. The van der Waals surface area contributed by atoms with Crippen molar-refractivity contribution in [3.05, 3.63) is 136 Å². The molecule has 1 atom stereocenters. The molecule has 1 saturated heterocycles. The third-order valence-electron chi connectivity index (χ3n) is 7.66. The Morgan fingerprint density at radius 1 is 0.957 bits per heavy atom. The Bertz CT molecular complexity index is 1940. The molecule has 47 heavy (non-hydrogen) atoms. The summed E-state index contributed by atoms with van der Waals surface area (Å²) >= 11 is 2.56. The van der Waals surface area contributed by atoms with E-state index in [1.165, 1.54) is 40.1 Å². The molecule has 1 aliphatic heterocycles. The van der Waals surface area contributed by atoms with Crippen molar-refractivity contribution in [3.8, 4) is 5.75 Å². The maximum atomic E-state index is 13.6. The van der Waals surface area contributed by atoms with E-state index in [2.05, 4.69) is 16.3 Å². The highest BCUT2D eigenvalue weighted by molar-refractivity contribution is 8.00. The number of carbonyl (C=O) groups is 2. The zero-order valence-electron chi connectivity index (χ0n) is 25.9. The fourth-order valence-corrected chi connectivity index (χ4v) is 7.04. The maximum Gasteiger partial charge on any atom is 0.301 e. The van der Waals surface area contributed by atoms with Crippen molar-refractivity contribution in [1.82, 2.24) is 10.2 Å². The quantitative estimate of drug-likeness (QED) is 0.0537. The number of aliphatic hydroxyl groups is 1. The Kier molecular flexibility index (Phi) is 9.37. The first-order chi connectivity index (χ1) is 22.7. The van der Waals surface area contributed by atoms with Crippen molar-refractivity contribution in [2.24, 2.45) is 0 Å². The Labute approximate surface area is 280 Å². The number of ether oxygens (including phenoxy) is 1. The lowest BCUT2D eigenvalue weighted by atomic mass is 9.95. The number of hydrogen-bond acceptors (Lipinski definition) is 9. The molecule has 0 aliphatic carbocycles. The number of hydrogen-bond donors (Lipinski definition) is 1. The third-order valence-corrected chi connectivity index (χ3v) is 9.79. The minimum Gasteiger partial charge on any atom is -0.507 e. The zero-order chi connectivity index (χ0) is 33.1. The molecule has 0 spiro atoms. The molecule has 1 N–H and O–H groups in total. The number of anilines is 2. The van der Waals surface area contributed by atoms with Gasteiger partial charge in [0.15, 0.2) is 4.34 Å². The van der Waals surface area contributed by atoms with Gasteiger partial charge in [-0.2, -0.15) is 0 Å². The van der Waals surface area contributed by atoms with Gasteiger partial charge in [0.1, 0.15) is 23.9 Å². The van der Waals surface area contributed by atoms with Gasteiger partial charge in [-0.1, -0.05) is 77.2 Å². The summed E-state index contributed by atoms with van der Waals surface area (Å²) in [5.41, 5.74) is 4.97. The second-order valence-corrected chi connectivity index (χ2v) is 13.4. The molecule has 1 aliphatic rings. The maximum absolute atomic E-state index is 13.6. The largest absolute Gasteiger partial charge is 0.507 e. The van der Waals surface area contributed by atoms with Crippen LogP contribution in [-0.2, 0) is 21.9 Å². The average molecular weight is 667 g/mol. The monoisotopic (exact) mass is 666 g/mol. The van der Waals surface area contributed by atoms with Crippen LogP contribution in [0.25, 0.3) is 5.76 Å². The molecule has 8 nitrogen and oxygen atoms in total. The smallest absolute Gasteiger partial charge is 0.301 e. The Hall–Kier alpha value is -5.00. The fraction of sp³-hybridized carbons (Fsp3) is 0.167. The summed E-state index contributed by atoms with van der Waals surface area (Å²) in [6.07, 6.45) is 0. The number of benzene rings is 4. The highest BCUT2D eigenvalue weighted by Crippen LogP contribution is 2.44. The van der Waals surface area contributed by atoms with E-state index < -0.39 is 17.7 Å². The van der Waals surface area contributed by atoms with Gasteiger partial charge in [-0.3, -0.25) is 14.5 Å². The van der Waals surface area contributed by atoms with Crippen LogP contribution in [0.5, 0.6) is 5.75 Å². The van der Waals surface area contributed by atoms with Gasteiger partial charge >= 0.3 is 5.91 Å². The van der Waals surface area contributed by atoms with Gasteiger partial charge in [-0.05, 0) is 72.1 Å². The molecule has 11 heteroatoms. The van der Waals surface area contributed by atoms with Gasteiger partial charge in [0.05, 0.1) is 11.6 Å². The van der Waals surface area contributed by atoms with Crippen LogP contribution < -0.4 is 14.5 Å².